The van der Waals surface area contributed by atoms with Gasteiger partial charge in [0.25, 0.3) is 0 Å². The van der Waals surface area contributed by atoms with Crippen molar-refractivity contribution in [3.05, 3.63) is 28.7 Å². The molecule has 2 heterocycles. The second-order valence-electron chi connectivity index (χ2n) is 3.58. The first kappa shape index (κ1) is 11.7. The number of aromatic nitrogens is 3. The maximum atomic E-state index is 8.70. The SMILES string of the molecule is CC(C#N)Cc1nc(-c2ncccc2Br)no1. The number of hydrogen-bond acceptors (Lipinski definition) is 5. The van der Waals surface area contributed by atoms with Gasteiger partial charge < -0.3 is 4.52 Å². The Bertz CT molecular complexity index is 561. The maximum absolute atomic E-state index is 8.70. The van der Waals surface area contributed by atoms with E-state index in [9.17, 15) is 0 Å². The van der Waals surface area contributed by atoms with E-state index < -0.39 is 0 Å². The number of pyridine rings is 1. The van der Waals surface area contributed by atoms with Crippen LogP contribution < -0.4 is 0 Å². The van der Waals surface area contributed by atoms with E-state index in [1.807, 2.05) is 12.1 Å². The highest BCUT2D eigenvalue weighted by molar-refractivity contribution is 9.10. The Morgan fingerprint density at radius 3 is 3.12 bits per heavy atom. The van der Waals surface area contributed by atoms with Crippen molar-refractivity contribution in [1.82, 2.24) is 15.1 Å². The van der Waals surface area contributed by atoms with Crippen LogP contribution in [0.15, 0.2) is 27.3 Å². The third kappa shape index (κ3) is 2.68. The van der Waals surface area contributed by atoms with Crippen LogP contribution in [0.4, 0.5) is 0 Å². The van der Waals surface area contributed by atoms with Crippen molar-refractivity contribution in [3.8, 4) is 17.6 Å². The molecule has 0 fully saturated rings. The molecule has 0 radical (unpaired) electrons. The zero-order valence-electron chi connectivity index (χ0n) is 9.09. The van der Waals surface area contributed by atoms with Crippen LogP contribution >= 0.6 is 15.9 Å². The second-order valence-corrected chi connectivity index (χ2v) is 4.43. The Kier molecular flexibility index (Phi) is 3.49. The smallest absolute Gasteiger partial charge is 0.228 e. The zero-order chi connectivity index (χ0) is 12.3. The summed E-state index contributed by atoms with van der Waals surface area (Å²) in [6.45, 7) is 1.81. The molecule has 0 aliphatic carbocycles. The lowest BCUT2D eigenvalue weighted by Gasteiger charge is -1.95. The summed E-state index contributed by atoms with van der Waals surface area (Å²) in [5, 5.41) is 12.6. The zero-order valence-corrected chi connectivity index (χ0v) is 10.7. The summed E-state index contributed by atoms with van der Waals surface area (Å²) >= 11 is 3.37. The molecule has 0 saturated heterocycles. The van der Waals surface area contributed by atoms with Crippen LogP contribution in [-0.2, 0) is 6.42 Å². The summed E-state index contributed by atoms with van der Waals surface area (Å²) in [7, 11) is 0. The summed E-state index contributed by atoms with van der Waals surface area (Å²) < 4.78 is 5.88. The summed E-state index contributed by atoms with van der Waals surface area (Å²) in [6.07, 6.45) is 2.11. The first-order valence-electron chi connectivity index (χ1n) is 5.04. The Balaban J connectivity index is 2.25. The number of rotatable bonds is 3. The molecule has 2 rings (SSSR count). The number of nitrogens with zero attached hydrogens (tertiary/aromatic N) is 4. The third-order valence-electron chi connectivity index (χ3n) is 2.14. The average Bonchev–Trinajstić information content (AvgIpc) is 2.78. The molecule has 1 unspecified atom stereocenters. The molecular weight excluding hydrogens is 284 g/mol. The van der Waals surface area contributed by atoms with Gasteiger partial charge in [-0.15, -0.1) is 0 Å². The molecule has 0 aliphatic heterocycles. The number of halogens is 1. The average molecular weight is 293 g/mol. The highest BCUT2D eigenvalue weighted by Gasteiger charge is 2.14. The summed E-state index contributed by atoms with van der Waals surface area (Å²) in [6, 6.07) is 5.79. The first-order chi connectivity index (χ1) is 8.20. The normalized spacial score (nSPS) is 12.1. The molecule has 0 spiro atoms. The fraction of sp³-hybridized carbons (Fsp3) is 0.273. The van der Waals surface area contributed by atoms with Gasteiger partial charge in [-0.2, -0.15) is 10.2 Å². The van der Waals surface area contributed by atoms with E-state index in [4.69, 9.17) is 9.78 Å². The molecular formula is C11H9BrN4O. The molecule has 0 amide bonds. The minimum Gasteiger partial charge on any atom is -0.339 e. The van der Waals surface area contributed by atoms with Gasteiger partial charge >= 0.3 is 0 Å². The van der Waals surface area contributed by atoms with Crippen LogP contribution in [0.2, 0.25) is 0 Å². The summed E-state index contributed by atoms with van der Waals surface area (Å²) in [4.78, 5) is 8.37. The summed E-state index contributed by atoms with van der Waals surface area (Å²) in [5.41, 5.74) is 0.632. The van der Waals surface area contributed by atoms with Crippen molar-refractivity contribution in [1.29, 1.82) is 5.26 Å². The van der Waals surface area contributed by atoms with E-state index in [0.717, 1.165) is 4.47 Å². The fourth-order valence-electron chi connectivity index (χ4n) is 1.29. The van der Waals surface area contributed by atoms with Gasteiger partial charge in [-0.3, -0.25) is 4.98 Å². The number of hydrogen-bond donors (Lipinski definition) is 0. The van der Waals surface area contributed by atoms with Gasteiger partial charge in [0.15, 0.2) is 0 Å². The molecule has 5 nitrogen and oxygen atoms in total. The Morgan fingerprint density at radius 1 is 1.59 bits per heavy atom. The van der Waals surface area contributed by atoms with Crippen LogP contribution in [0.5, 0.6) is 0 Å². The van der Waals surface area contributed by atoms with Gasteiger partial charge in [-0.1, -0.05) is 5.16 Å². The van der Waals surface area contributed by atoms with Gasteiger partial charge in [0.2, 0.25) is 11.7 Å². The molecule has 0 N–H and O–H groups in total. The monoisotopic (exact) mass is 292 g/mol. The summed E-state index contributed by atoms with van der Waals surface area (Å²) in [5.74, 6) is 0.736. The fourth-order valence-corrected chi connectivity index (χ4v) is 1.72. The van der Waals surface area contributed by atoms with Crippen LogP contribution in [0.1, 0.15) is 12.8 Å². The highest BCUT2D eigenvalue weighted by atomic mass is 79.9. The molecule has 0 bridgehead atoms. The molecule has 0 saturated carbocycles. The quantitative estimate of drug-likeness (QED) is 0.869. The third-order valence-corrected chi connectivity index (χ3v) is 2.78. The molecule has 2 aromatic heterocycles. The molecule has 0 aliphatic rings. The van der Waals surface area contributed by atoms with Crippen LogP contribution in [-0.4, -0.2) is 15.1 Å². The standard InChI is InChI=1S/C11H9BrN4O/c1-7(6-13)5-9-15-11(16-17-9)10-8(12)3-2-4-14-10/h2-4,7H,5H2,1H3. The lowest BCUT2D eigenvalue weighted by molar-refractivity contribution is 0.369. The van der Waals surface area contributed by atoms with Gasteiger partial charge in [0.1, 0.15) is 5.69 Å². The van der Waals surface area contributed by atoms with Gasteiger partial charge in [-0.25, -0.2) is 0 Å². The minimum atomic E-state index is -0.143. The predicted octanol–water partition coefficient (Wildman–Crippen LogP) is 2.60. The molecule has 1 atom stereocenters. The molecule has 17 heavy (non-hydrogen) atoms. The molecule has 86 valence electrons. The van der Waals surface area contributed by atoms with Crippen LogP contribution in [0.25, 0.3) is 11.5 Å². The van der Waals surface area contributed by atoms with E-state index in [1.54, 1.807) is 13.1 Å². The molecule has 2 aromatic rings. The predicted molar refractivity (Wildman–Crippen MR) is 63.7 cm³/mol. The van der Waals surface area contributed by atoms with Crippen molar-refractivity contribution in [3.63, 3.8) is 0 Å². The Hall–Kier alpha value is -1.74. The molecule has 6 heteroatoms. The largest absolute Gasteiger partial charge is 0.339 e. The van der Waals surface area contributed by atoms with Crippen molar-refractivity contribution in [2.24, 2.45) is 5.92 Å². The lowest BCUT2D eigenvalue weighted by atomic mass is 10.1. The Labute approximate surface area is 107 Å². The topological polar surface area (TPSA) is 75.6 Å². The van der Waals surface area contributed by atoms with E-state index in [1.165, 1.54) is 0 Å². The van der Waals surface area contributed by atoms with Crippen LogP contribution in [0, 0.1) is 17.2 Å². The van der Waals surface area contributed by atoms with Crippen molar-refractivity contribution >= 4 is 15.9 Å². The second kappa shape index (κ2) is 5.06. The van der Waals surface area contributed by atoms with E-state index in [0.29, 0.717) is 23.8 Å². The van der Waals surface area contributed by atoms with E-state index >= 15 is 0 Å². The van der Waals surface area contributed by atoms with Crippen molar-refractivity contribution in [2.75, 3.05) is 0 Å². The van der Waals surface area contributed by atoms with Gasteiger partial charge in [0.05, 0.1) is 12.0 Å². The first-order valence-corrected chi connectivity index (χ1v) is 5.83. The maximum Gasteiger partial charge on any atom is 0.228 e. The van der Waals surface area contributed by atoms with Gasteiger partial charge in [-0.05, 0) is 35.0 Å². The highest BCUT2D eigenvalue weighted by Crippen LogP contribution is 2.23. The minimum absolute atomic E-state index is 0.143. The van der Waals surface area contributed by atoms with E-state index in [2.05, 4.69) is 37.1 Å². The van der Waals surface area contributed by atoms with Crippen molar-refractivity contribution < 1.29 is 4.52 Å². The van der Waals surface area contributed by atoms with Crippen molar-refractivity contribution in [2.45, 2.75) is 13.3 Å². The van der Waals surface area contributed by atoms with Gasteiger partial charge in [0, 0.05) is 17.1 Å². The molecule has 0 aromatic carbocycles. The van der Waals surface area contributed by atoms with E-state index in [-0.39, 0.29) is 5.92 Å². The Morgan fingerprint density at radius 2 is 2.41 bits per heavy atom. The van der Waals surface area contributed by atoms with Crippen LogP contribution in [0.3, 0.4) is 0 Å². The number of nitriles is 1. The lowest BCUT2D eigenvalue weighted by Crippen LogP contribution is -1.96.